The maximum Gasteiger partial charge on any atom is 0.230 e. The molecule has 0 aliphatic heterocycles. The Labute approximate surface area is 97.3 Å². The van der Waals surface area contributed by atoms with Crippen molar-refractivity contribution in [2.45, 2.75) is 6.92 Å². The molecule has 5 heteroatoms. The van der Waals surface area contributed by atoms with Crippen LogP contribution in [0.4, 0.5) is 5.88 Å². The molecule has 2 rings (SSSR count). The third-order valence-electron chi connectivity index (χ3n) is 2.19. The minimum absolute atomic E-state index is 0.0249. The number of aryl methyl sites for hydroxylation is 1. The SMILES string of the molecule is Cc1ccc(Cl)cc1-c1nc(C#N)c(N)o1. The molecule has 1 heterocycles. The van der Waals surface area contributed by atoms with E-state index in [1.165, 1.54) is 0 Å². The number of nitrogens with zero attached hydrogens (tertiary/aromatic N) is 2. The van der Waals surface area contributed by atoms with Crippen LogP contribution in [0.5, 0.6) is 0 Å². The third-order valence-corrected chi connectivity index (χ3v) is 2.42. The predicted octanol–water partition coefficient (Wildman–Crippen LogP) is 2.76. The van der Waals surface area contributed by atoms with Crippen molar-refractivity contribution >= 4 is 17.5 Å². The Bertz CT molecular complexity index is 583. The molecule has 2 aromatic rings. The van der Waals surface area contributed by atoms with Gasteiger partial charge in [0.2, 0.25) is 17.5 Å². The number of benzene rings is 1. The number of hydrogen-bond acceptors (Lipinski definition) is 4. The summed E-state index contributed by atoms with van der Waals surface area (Å²) in [7, 11) is 0. The number of rotatable bonds is 1. The molecule has 0 saturated carbocycles. The number of halogens is 1. The maximum absolute atomic E-state index is 8.72. The second kappa shape index (κ2) is 3.87. The number of nitriles is 1. The number of anilines is 1. The standard InChI is InChI=1S/C11H8ClN3O/c1-6-2-3-7(12)4-8(6)11-15-9(5-13)10(14)16-11/h2-4H,14H2,1H3. The van der Waals surface area contributed by atoms with Gasteiger partial charge in [-0.3, -0.25) is 0 Å². The van der Waals surface area contributed by atoms with Crippen LogP contribution in [0.1, 0.15) is 11.3 Å². The van der Waals surface area contributed by atoms with Crippen molar-refractivity contribution in [2.75, 3.05) is 5.73 Å². The lowest BCUT2D eigenvalue weighted by molar-refractivity contribution is 0.593. The fourth-order valence-corrected chi connectivity index (χ4v) is 1.52. The van der Waals surface area contributed by atoms with Gasteiger partial charge < -0.3 is 10.2 Å². The lowest BCUT2D eigenvalue weighted by Crippen LogP contribution is -1.84. The zero-order valence-corrected chi connectivity index (χ0v) is 9.25. The van der Waals surface area contributed by atoms with E-state index in [2.05, 4.69) is 4.98 Å². The fraction of sp³-hybridized carbons (Fsp3) is 0.0909. The van der Waals surface area contributed by atoms with Crippen molar-refractivity contribution < 1.29 is 4.42 Å². The van der Waals surface area contributed by atoms with Gasteiger partial charge in [-0.1, -0.05) is 17.7 Å². The van der Waals surface area contributed by atoms with Gasteiger partial charge in [-0.2, -0.15) is 10.2 Å². The molecule has 4 nitrogen and oxygen atoms in total. The van der Waals surface area contributed by atoms with Gasteiger partial charge in [-0.05, 0) is 24.6 Å². The predicted molar refractivity (Wildman–Crippen MR) is 60.8 cm³/mol. The highest BCUT2D eigenvalue weighted by Crippen LogP contribution is 2.28. The van der Waals surface area contributed by atoms with Gasteiger partial charge in [-0.25, -0.2) is 0 Å². The Morgan fingerprint density at radius 2 is 2.25 bits per heavy atom. The minimum atomic E-state index is 0.0249. The number of oxazole rings is 1. The van der Waals surface area contributed by atoms with Gasteiger partial charge in [-0.15, -0.1) is 0 Å². The number of hydrogen-bond donors (Lipinski definition) is 1. The van der Waals surface area contributed by atoms with Crippen LogP contribution in [0, 0.1) is 18.3 Å². The molecule has 1 aromatic carbocycles. The van der Waals surface area contributed by atoms with Gasteiger partial charge in [0.1, 0.15) is 6.07 Å². The molecular formula is C11H8ClN3O. The monoisotopic (exact) mass is 233 g/mol. The molecule has 0 fully saturated rings. The summed E-state index contributed by atoms with van der Waals surface area (Å²) >= 11 is 5.88. The molecule has 2 N–H and O–H groups in total. The Hall–Kier alpha value is -1.99. The number of aromatic nitrogens is 1. The van der Waals surface area contributed by atoms with Crippen LogP contribution in [0.15, 0.2) is 22.6 Å². The summed E-state index contributed by atoms with van der Waals surface area (Å²) in [6.07, 6.45) is 0. The summed E-state index contributed by atoms with van der Waals surface area (Å²) in [5, 5.41) is 9.30. The van der Waals surface area contributed by atoms with Crippen molar-refractivity contribution in [3.05, 3.63) is 34.5 Å². The molecule has 0 amide bonds. The largest absolute Gasteiger partial charge is 0.419 e. The highest BCUT2D eigenvalue weighted by atomic mass is 35.5. The van der Waals surface area contributed by atoms with Crippen LogP contribution in [0.3, 0.4) is 0 Å². The molecule has 0 spiro atoms. The zero-order valence-electron chi connectivity index (χ0n) is 8.49. The average Bonchev–Trinajstić information content (AvgIpc) is 2.63. The van der Waals surface area contributed by atoms with Crippen LogP contribution >= 0.6 is 11.6 Å². The second-order valence-corrected chi connectivity index (χ2v) is 3.74. The van der Waals surface area contributed by atoms with E-state index in [4.69, 9.17) is 27.0 Å². The molecule has 0 unspecified atom stereocenters. The maximum atomic E-state index is 8.72. The van der Waals surface area contributed by atoms with E-state index in [1.54, 1.807) is 12.1 Å². The fourth-order valence-electron chi connectivity index (χ4n) is 1.35. The van der Waals surface area contributed by atoms with Crippen LogP contribution in [0.25, 0.3) is 11.5 Å². The van der Waals surface area contributed by atoms with Gasteiger partial charge in [0.05, 0.1) is 0 Å². The van der Waals surface area contributed by atoms with Crippen molar-refractivity contribution in [3.8, 4) is 17.5 Å². The van der Waals surface area contributed by atoms with E-state index >= 15 is 0 Å². The highest BCUT2D eigenvalue weighted by molar-refractivity contribution is 6.30. The van der Waals surface area contributed by atoms with Crippen LogP contribution < -0.4 is 5.73 Å². The molecule has 80 valence electrons. The Morgan fingerprint density at radius 3 is 2.88 bits per heavy atom. The van der Waals surface area contributed by atoms with E-state index in [1.807, 2.05) is 19.1 Å². The summed E-state index contributed by atoms with van der Waals surface area (Å²) in [6, 6.07) is 7.21. The van der Waals surface area contributed by atoms with Crippen LogP contribution in [-0.2, 0) is 0 Å². The Kier molecular flexibility index (Phi) is 2.55. The van der Waals surface area contributed by atoms with Gasteiger partial charge >= 0.3 is 0 Å². The first-order valence-corrected chi connectivity index (χ1v) is 4.92. The summed E-state index contributed by atoms with van der Waals surface area (Å²) in [5.74, 6) is 0.339. The lowest BCUT2D eigenvalue weighted by atomic mass is 10.1. The molecule has 0 aliphatic carbocycles. The van der Waals surface area contributed by atoms with Crippen LogP contribution in [-0.4, -0.2) is 4.98 Å². The van der Waals surface area contributed by atoms with E-state index < -0.39 is 0 Å². The van der Waals surface area contributed by atoms with Gasteiger partial charge in [0, 0.05) is 10.6 Å². The molecule has 1 aromatic heterocycles. The summed E-state index contributed by atoms with van der Waals surface area (Å²) < 4.78 is 5.21. The summed E-state index contributed by atoms with van der Waals surface area (Å²) in [5.41, 5.74) is 7.28. The van der Waals surface area contributed by atoms with Crippen molar-refractivity contribution in [1.29, 1.82) is 5.26 Å². The zero-order chi connectivity index (χ0) is 11.7. The molecule has 0 radical (unpaired) electrons. The van der Waals surface area contributed by atoms with E-state index in [0.29, 0.717) is 10.9 Å². The average molecular weight is 234 g/mol. The van der Waals surface area contributed by atoms with Crippen LogP contribution in [0.2, 0.25) is 5.02 Å². The van der Waals surface area contributed by atoms with E-state index in [-0.39, 0.29) is 11.6 Å². The van der Waals surface area contributed by atoms with E-state index in [9.17, 15) is 0 Å². The molecule has 16 heavy (non-hydrogen) atoms. The van der Waals surface area contributed by atoms with Gasteiger partial charge in [0.25, 0.3) is 0 Å². The van der Waals surface area contributed by atoms with Crippen molar-refractivity contribution in [2.24, 2.45) is 0 Å². The third kappa shape index (κ3) is 1.73. The normalized spacial score (nSPS) is 10.1. The number of nitrogens with two attached hydrogens (primary N) is 1. The molecule has 0 aliphatic rings. The second-order valence-electron chi connectivity index (χ2n) is 3.30. The van der Waals surface area contributed by atoms with E-state index in [0.717, 1.165) is 11.1 Å². The van der Waals surface area contributed by atoms with Crippen molar-refractivity contribution in [3.63, 3.8) is 0 Å². The highest BCUT2D eigenvalue weighted by Gasteiger charge is 2.13. The molecular weight excluding hydrogens is 226 g/mol. The smallest absolute Gasteiger partial charge is 0.230 e. The van der Waals surface area contributed by atoms with Gasteiger partial charge in [0.15, 0.2) is 0 Å². The summed E-state index contributed by atoms with van der Waals surface area (Å²) in [6.45, 7) is 1.90. The molecule has 0 saturated heterocycles. The Balaban J connectivity index is 2.59. The van der Waals surface area contributed by atoms with Crippen molar-refractivity contribution in [1.82, 2.24) is 4.98 Å². The minimum Gasteiger partial charge on any atom is -0.419 e. The quantitative estimate of drug-likeness (QED) is 0.822. The topological polar surface area (TPSA) is 75.8 Å². The first-order valence-electron chi connectivity index (χ1n) is 4.54. The summed E-state index contributed by atoms with van der Waals surface area (Å²) in [4.78, 5) is 3.99. The molecule has 0 atom stereocenters. The first-order chi connectivity index (χ1) is 7.61. The lowest BCUT2D eigenvalue weighted by Gasteiger charge is -2.00. The Morgan fingerprint density at radius 1 is 1.50 bits per heavy atom. The number of nitrogen functional groups attached to an aromatic ring is 1. The first kappa shape index (κ1) is 10.5. The molecule has 0 bridgehead atoms.